The Labute approximate surface area is 87.0 Å². The quantitative estimate of drug-likeness (QED) is 0.746. The molecule has 1 aromatic heterocycles. The monoisotopic (exact) mass is 214 g/mol. The summed E-state index contributed by atoms with van der Waals surface area (Å²) in [4.78, 5) is 11.7. The lowest BCUT2D eigenvalue weighted by molar-refractivity contribution is -0.116. The van der Waals surface area contributed by atoms with Gasteiger partial charge >= 0.3 is 0 Å². The van der Waals surface area contributed by atoms with Crippen molar-refractivity contribution in [1.29, 1.82) is 0 Å². The van der Waals surface area contributed by atoms with Gasteiger partial charge < -0.3 is 4.79 Å². The number of rotatable bonds is 4. The summed E-state index contributed by atoms with van der Waals surface area (Å²) in [7, 11) is 0. The van der Waals surface area contributed by atoms with Crippen LogP contribution in [0.1, 0.15) is 24.6 Å². The van der Waals surface area contributed by atoms with Gasteiger partial charge in [0, 0.05) is 11.3 Å². The Morgan fingerprint density at radius 3 is 2.92 bits per heavy atom. The summed E-state index contributed by atoms with van der Waals surface area (Å²) in [6.07, 6.45) is 5.43. The molecule has 3 heteroatoms. The zero-order valence-electron chi connectivity index (χ0n) is 7.42. The van der Waals surface area contributed by atoms with Crippen LogP contribution in [0.25, 0.3) is 6.08 Å². The van der Waals surface area contributed by atoms with Crippen LogP contribution in [-0.4, -0.2) is 5.78 Å². The van der Waals surface area contributed by atoms with Crippen molar-refractivity contribution < 1.29 is 4.79 Å². The minimum absolute atomic E-state index is 0.230. The average molecular weight is 215 g/mol. The molecule has 1 rings (SSSR count). The van der Waals surface area contributed by atoms with E-state index < -0.39 is 0 Å². The van der Waals surface area contributed by atoms with Crippen molar-refractivity contribution in [3.05, 3.63) is 27.4 Å². The first-order valence-electron chi connectivity index (χ1n) is 4.10. The summed E-state index contributed by atoms with van der Waals surface area (Å²) in [6.45, 7) is 1.61. The van der Waals surface area contributed by atoms with E-state index in [1.807, 2.05) is 24.3 Å². The molecule has 0 spiro atoms. The van der Waals surface area contributed by atoms with E-state index in [9.17, 15) is 4.79 Å². The van der Waals surface area contributed by atoms with Gasteiger partial charge in [0.25, 0.3) is 0 Å². The lowest BCUT2D eigenvalue weighted by atomic mass is 10.2. The van der Waals surface area contributed by atoms with Crippen molar-refractivity contribution in [2.45, 2.75) is 19.8 Å². The number of hydrogen-bond donors (Lipinski definition) is 0. The molecule has 0 saturated carbocycles. The number of halogens is 1. The van der Waals surface area contributed by atoms with Gasteiger partial charge in [-0.05, 0) is 31.6 Å². The van der Waals surface area contributed by atoms with E-state index in [4.69, 9.17) is 11.6 Å². The third-order valence-electron chi connectivity index (χ3n) is 1.54. The van der Waals surface area contributed by atoms with Crippen LogP contribution in [0, 0.1) is 0 Å². The number of carbonyl (C=O) groups is 1. The number of ketones is 1. The topological polar surface area (TPSA) is 17.1 Å². The Morgan fingerprint density at radius 2 is 2.38 bits per heavy atom. The van der Waals surface area contributed by atoms with Gasteiger partial charge in [0.15, 0.2) is 0 Å². The summed E-state index contributed by atoms with van der Waals surface area (Å²) in [5.41, 5.74) is 0. The summed E-state index contributed by atoms with van der Waals surface area (Å²) < 4.78 is 0.797. The Kier molecular flexibility index (Phi) is 4.19. The van der Waals surface area contributed by atoms with Crippen molar-refractivity contribution in [2.75, 3.05) is 0 Å². The lowest BCUT2D eigenvalue weighted by Gasteiger charge is -1.87. The molecule has 0 aliphatic rings. The SMILES string of the molecule is CC(=O)CC/C=C/c1ccc(Cl)s1. The van der Waals surface area contributed by atoms with Crippen molar-refractivity contribution in [3.63, 3.8) is 0 Å². The van der Waals surface area contributed by atoms with Crippen molar-refractivity contribution >= 4 is 34.8 Å². The molecule has 0 aromatic carbocycles. The molecule has 70 valence electrons. The van der Waals surface area contributed by atoms with Crippen molar-refractivity contribution in [3.8, 4) is 0 Å². The van der Waals surface area contributed by atoms with E-state index in [1.54, 1.807) is 18.3 Å². The van der Waals surface area contributed by atoms with E-state index in [0.29, 0.717) is 6.42 Å². The molecule has 0 amide bonds. The first-order chi connectivity index (χ1) is 6.18. The van der Waals surface area contributed by atoms with Gasteiger partial charge in [0.1, 0.15) is 5.78 Å². The highest BCUT2D eigenvalue weighted by atomic mass is 35.5. The van der Waals surface area contributed by atoms with Gasteiger partial charge in [0.2, 0.25) is 0 Å². The first kappa shape index (κ1) is 10.5. The maximum Gasteiger partial charge on any atom is 0.130 e. The maximum absolute atomic E-state index is 10.6. The summed E-state index contributed by atoms with van der Waals surface area (Å²) in [5.74, 6) is 0.230. The highest BCUT2D eigenvalue weighted by Crippen LogP contribution is 2.22. The Morgan fingerprint density at radius 1 is 1.62 bits per heavy atom. The van der Waals surface area contributed by atoms with Gasteiger partial charge in [0.05, 0.1) is 4.34 Å². The minimum atomic E-state index is 0.230. The number of hydrogen-bond acceptors (Lipinski definition) is 2. The van der Waals surface area contributed by atoms with Crippen LogP contribution in [0.5, 0.6) is 0 Å². The van der Waals surface area contributed by atoms with Crippen LogP contribution in [0.3, 0.4) is 0 Å². The molecule has 0 unspecified atom stereocenters. The number of carbonyl (C=O) groups excluding carboxylic acids is 1. The first-order valence-corrected chi connectivity index (χ1v) is 5.29. The fourth-order valence-electron chi connectivity index (χ4n) is 0.904. The van der Waals surface area contributed by atoms with E-state index in [1.165, 1.54) is 0 Å². The van der Waals surface area contributed by atoms with Crippen LogP contribution in [-0.2, 0) is 4.79 Å². The molecule has 0 atom stereocenters. The van der Waals surface area contributed by atoms with Crippen molar-refractivity contribution in [1.82, 2.24) is 0 Å². The normalized spacial score (nSPS) is 10.9. The van der Waals surface area contributed by atoms with Gasteiger partial charge in [-0.1, -0.05) is 17.7 Å². The van der Waals surface area contributed by atoms with Crippen molar-refractivity contribution in [2.24, 2.45) is 0 Å². The molecule has 0 N–H and O–H groups in total. The summed E-state index contributed by atoms with van der Waals surface area (Å²) in [6, 6.07) is 3.84. The second-order valence-corrected chi connectivity index (χ2v) is 4.53. The fraction of sp³-hybridized carbons (Fsp3) is 0.300. The fourth-order valence-corrected chi connectivity index (χ4v) is 1.90. The molecule has 0 saturated heterocycles. The molecular formula is C10H11ClOS. The van der Waals surface area contributed by atoms with Gasteiger partial charge in [-0.3, -0.25) is 0 Å². The second kappa shape index (κ2) is 5.20. The smallest absolute Gasteiger partial charge is 0.130 e. The van der Waals surface area contributed by atoms with Gasteiger partial charge in [-0.15, -0.1) is 11.3 Å². The number of Topliss-reactive ketones (excluding diaryl/α,β-unsaturated/α-hetero) is 1. The Bertz CT molecular complexity index is 314. The Balaban J connectivity index is 2.36. The standard InChI is InChI=1S/C10H11ClOS/c1-8(12)4-2-3-5-9-6-7-10(11)13-9/h3,5-7H,2,4H2,1H3/b5-3+. The van der Waals surface area contributed by atoms with E-state index in [2.05, 4.69) is 0 Å². The predicted molar refractivity (Wildman–Crippen MR) is 58.3 cm³/mol. The predicted octanol–water partition coefficient (Wildman–Crippen LogP) is 3.78. The van der Waals surface area contributed by atoms with Crippen LogP contribution in [0.2, 0.25) is 4.34 Å². The average Bonchev–Trinajstić information content (AvgIpc) is 2.45. The highest BCUT2D eigenvalue weighted by molar-refractivity contribution is 7.16. The molecule has 0 fully saturated rings. The molecule has 0 bridgehead atoms. The molecule has 1 heterocycles. The van der Waals surface area contributed by atoms with E-state index in [-0.39, 0.29) is 5.78 Å². The summed E-state index contributed by atoms with van der Waals surface area (Å²) in [5, 5.41) is 0. The number of allylic oxidation sites excluding steroid dienone is 1. The molecule has 1 aromatic rings. The zero-order valence-corrected chi connectivity index (χ0v) is 8.99. The van der Waals surface area contributed by atoms with Crippen LogP contribution in [0.4, 0.5) is 0 Å². The molecule has 13 heavy (non-hydrogen) atoms. The largest absolute Gasteiger partial charge is 0.300 e. The zero-order chi connectivity index (χ0) is 9.68. The highest BCUT2D eigenvalue weighted by Gasteiger charge is 1.93. The molecule has 0 aliphatic heterocycles. The van der Waals surface area contributed by atoms with Crippen LogP contribution < -0.4 is 0 Å². The molecule has 1 nitrogen and oxygen atoms in total. The maximum atomic E-state index is 10.6. The molecule has 0 aliphatic carbocycles. The van der Waals surface area contributed by atoms with Gasteiger partial charge in [-0.2, -0.15) is 0 Å². The van der Waals surface area contributed by atoms with Crippen LogP contribution >= 0.6 is 22.9 Å². The molecular weight excluding hydrogens is 204 g/mol. The van der Waals surface area contributed by atoms with Crippen LogP contribution in [0.15, 0.2) is 18.2 Å². The van der Waals surface area contributed by atoms with Gasteiger partial charge in [-0.25, -0.2) is 0 Å². The third-order valence-corrected chi connectivity index (χ3v) is 2.74. The summed E-state index contributed by atoms with van der Waals surface area (Å²) >= 11 is 7.29. The second-order valence-electron chi connectivity index (χ2n) is 2.78. The third kappa shape index (κ3) is 4.25. The minimum Gasteiger partial charge on any atom is -0.300 e. The lowest BCUT2D eigenvalue weighted by Crippen LogP contribution is -1.85. The van der Waals surface area contributed by atoms with E-state index >= 15 is 0 Å². The van der Waals surface area contributed by atoms with E-state index in [0.717, 1.165) is 15.6 Å². The molecule has 0 radical (unpaired) electrons. The Hall–Kier alpha value is -0.600. The number of thiophene rings is 1.